The Kier molecular flexibility index (Phi) is 5.14. The highest BCUT2D eigenvalue weighted by molar-refractivity contribution is 7.99. The lowest BCUT2D eigenvalue weighted by Crippen LogP contribution is -2.23. The van der Waals surface area contributed by atoms with E-state index in [0.717, 1.165) is 26.6 Å². The third kappa shape index (κ3) is 3.65. The number of benzene rings is 3. The number of rotatable bonds is 4. The van der Waals surface area contributed by atoms with Crippen LogP contribution in [0.15, 0.2) is 81.5 Å². The van der Waals surface area contributed by atoms with Gasteiger partial charge in [0, 0.05) is 26.5 Å². The predicted molar refractivity (Wildman–Crippen MR) is 110 cm³/mol. The van der Waals surface area contributed by atoms with Gasteiger partial charge in [0.05, 0.1) is 18.0 Å². The Morgan fingerprint density at radius 3 is 2.75 bits per heavy atom. The maximum absolute atomic E-state index is 12.3. The van der Waals surface area contributed by atoms with Crippen LogP contribution in [0.5, 0.6) is 5.75 Å². The first-order valence-corrected chi connectivity index (χ1v) is 9.69. The quantitative estimate of drug-likeness (QED) is 0.495. The standard InChI is InChI=1S/C22H18N2O3S/c1-2-27-24-22(26)15-10-11-20-18(13-15)23-21(14-6-5-7-16(25)12-14)17-8-3-4-9-19(17)28-20/h3-13,25H,2H2,1H3,(H,24,26). The first-order valence-electron chi connectivity index (χ1n) is 8.87. The summed E-state index contributed by atoms with van der Waals surface area (Å²) in [6.45, 7) is 2.19. The molecule has 4 rings (SSSR count). The number of phenolic OH excluding ortho intramolecular Hbond substituents is 1. The molecule has 1 amide bonds. The Labute approximate surface area is 167 Å². The number of aromatic hydroxyl groups is 1. The highest BCUT2D eigenvalue weighted by Crippen LogP contribution is 2.41. The molecule has 140 valence electrons. The molecule has 5 nitrogen and oxygen atoms in total. The molecule has 0 saturated heterocycles. The van der Waals surface area contributed by atoms with Crippen molar-refractivity contribution in [3.05, 3.63) is 83.4 Å². The summed E-state index contributed by atoms with van der Waals surface area (Å²) < 4.78 is 0. The van der Waals surface area contributed by atoms with Gasteiger partial charge in [-0.25, -0.2) is 10.5 Å². The van der Waals surface area contributed by atoms with Crippen LogP contribution < -0.4 is 5.48 Å². The second kappa shape index (κ2) is 7.88. The van der Waals surface area contributed by atoms with E-state index in [4.69, 9.17) is 9.83 Å². The van der Waals surface area contributed by atoms with Gasteiger partial charge in [0.1, 0.15) is 5.75 Å². The van der Waals surface area contributed by atoms with E-state index in [1.807, 2.05) is 36.4 Å². The maximum Gasteiger partial charge on any atom is 0.274 e. The number of nitrogens with zero attached hydrogens (tertiary/aromatic N) is 1. The largest absolute Gasteiger partial charge is 0.508 e. The van der Waals surface area contributed by atoms with Gasteiger partial charge in [0.25, 0.3) is 5.91 Å². The molecule has 6 heteroatoms. The summed E-state index contributed by atoms with van der Waals surface area (Å²) in [5.74, 6) is -0.134. The number of hydroxylamine groups is 1. The zero-order valence-corrected chi connectivity index (χ0v) is 16.0. The van der Waals surface area contributed by atoms with Gasteiger partial charge < -0.3 is 5.11 Å². The molecular weight excluding hydrogens is 372 g/mol. The van der Waals surface area contributed by atoms with Gasteiger partial charge >= 0.3 is 0 Å². The predicted octanol–water partition coefficient (Wildman–Crippen LogP) is 4.71. The van der Waals surface area contributed by atoms with Crippen molar-refractivity contribution in [1.29, 1.82) is 0 Å². The second-order valence-electron chi connectivity index (χ2n) is 6.16. The van der Waals surface area contributed by atoms with Gasteiger partial charge in [0.2, 0.25) is 0 Å². The van der Waals surface area contributed by atoms with Gasteiger partial charge in [-0.2, -0.15) is 0 Å². The zero-order chi connectivity index (χ0) is 19.5. The van der Waals surface area contributed by atoms with Crippen LogP contribution in [0.1, 0.15) is 28.4 Å². The number of aliphatic imine (C=N–C) groups is 1. The monoisotopic (exact) mass is 390 g/mol. The number of fused-ring (bicyclic) bond motifs is 2. The van der Waals surface area contributed by atoms with Crippen LogP contribution in [-0.4, -0.2) is 23.3 Å². The fourth-order valence-electron chi connectivity index (χ4n) is 2.95. The van der Waals surface area contributed by atoms with Gasteiger partial charge in [-0.05, 0) is 43.3 Å². The number of amides is 1. The molecule has 1 heterocycles. The number of hydrogen-bond acceptors (Lipinski definition) is 5. The van der Waals surface area contributed by atoms with E-state index in [9.17, 15) is 9.90 Å². The van der Waals surface area contributed by atoms with Gasteiger partial charge in [-0.15, -0.1) is 0 Å². The molecular formula is C22H18N2O3S. The lowest BCUT2D eigenvalue weighted by atomic mass is 10.0. The minimum Gasteiger partial charge on any atom is -0.508 e. The second-order valence-corrected chi connectivity index (χ2v) is 7.24. The highest BCUT2D eigenvalue weighted by atomic mass is 32.2. The minimum absolute atomic E-state index is 0.180. The molecule has 0 aliphatic carbocycles. The van der Waals surface area contributed by atoms with Crippen LogP contribution in [0.25, 0.3) is 0 Å². The lowest BCUT2D eigenvalue weighted by Gasteiger charge is -2.09. The molecule has 0 fully saturated rings. The Morgan fingerprint density at radius 1 is 1.07 bits per heavy atom. The first kappa shape index (κ1) is 18.3. The summed E-state index contributed by atoms with van der Waals surface area (Å²) in [4.78, 5) is 24.2. The average Bonchev–Trinajstić information content (AvgIpc) is 2.88. The van der Waals surface area contributed by atoms with Crippen LogP contribution >= 0.6 is 11.8 Å². The van der Waals surface area contributed by atoms with E-state index in [-0.39, 0.29) is 11.7 Å². The van der Waals surface area contributed by atoms with E-state index in [1.54, 1.807) is 49.0 Å². The van der Waals surface area contributed by atoms with E-state index >= 15 is 0 Å². The van der Waals surface area contributed by atoms with Gasteiger partial charge in [0.15, 0.2) is 0 Å². The molecule has 3 aromatic rings. The Morgan fingerprint density at radius 2 is 1.93 bits per heavy atom. The van der Waals surface area contributed by atoms with Gasteiger partial charge in [-0.3, -0.25) is 9.63 Å². The van der Waals surface area contributed by atoms with Crippen LogP contribution in [0.3, 0.4) is 0 Å². The summed E-state index contributed by atoms with van der Waals surface area (Å²) in [5, 5.41) is 9.93. The molecule has 0 radical (unpaired) electrons. The molecule has 1 aliphatic rings. The average molecular weight is 390 g/mol. The molecule has 28 heavy (non-hydrogen) atoms. The summed E-state index contributed by atoms with van der Waals surface area (Å²) in [5.41, 5.74) is 6.12. The van der Waals surface area contributed by atoms with Crippen molar-refractivity contribution >= 4 is 29.1 Å². The number of carbonyl (C=O) groups is 1. The Bertz CT molecular complexity index is 1080. The maximum atomic E-state index is 12.3. The summed E-state index contributed by atoms with van der Waals surface area (Å²) in [7, 11) is 0. The molecule has 0 bridgehead atoms. The molecule has 0 saturated carbocycles. The topological polar surface area (TPSA) is 70.9 Å². The normalized spacial score (nSPS) is 12.4. The molecule has 0 aromatic heterocycles. The molecule has 2 N–H and O–H groups in total. The Hall–Kier alpha value is -3.09. The van der Waals surface area contributed by atoms with E-state index in [0.29, 0.717) is 17.9 Å². The van der Waals surface area contributed by atoms with E-state index in [1.165, 1.54) is 0 Å². The van der Waals surface area contributed by atoms with Crippen LogP contribution in [0.2, 0.25) is 0 Å². The van der Waals surface area contributed by atoms with E-state index in [2.05, 4.69) is 5.48 Å². The highest BCUT2D eigenvalue weighted by Gasteiger charge is 2.20. The third-order valence-electron chi connectivity index (χ3n) is 4.24. The number of hydrogen-bond donors (Lipinski definition) is 2. The summed E-state index contributed by atoms with van der Waals surface area (Å²) >= 11 is 1.60. The fourth-order valence-corrected chi connectivity index (χ4v) is 3.96. The van der Waals surface area contributed by atoms with Crippen molar-refractivity contribution in [3.8, 4) is 5.75 Å². The minimum atomic E-state index is -0.314. The fraction of sp³-hybridized carbons (Fsp3) is 0.0909. The lowest BCUT2D eigenvalue weighted by molar-refractivity contribution is 0.0364. The van der Waals surface area contributed by atoms with Crippen molar-refractivity contribution in [3.63, 3.8) is 0 Å². The van der Waals surface area contributed by atoms with Crippen LogP contribution in [0, 0.1) is 0 Å². The third-order valence-corrected chi connectivity index (χ3v) is 5.39. The van der Waals surface area contributed by atoms with Crippen molar-refractivity contribution in [1.82, 2.24) is 5.48 Å². The summed E-state index contributed by atoms with van der Waals surface area (Å²) in [6.07, 6.45) is 0. The number of nitrogens with one attached hydrogen (secondary N) is 1. The van der Waals surface area contributed by atoms with Gasteiger partial charge in [-0.1, -0.05) is 42.1 Å². The zero-order valence-electron chi connectivity index (χ0n) is 15.2. The Balaban J connectivity index is 1.85. The van der Waals surface area contributed by atoms with Crippen LogP contribution in [0.4, 0.5) is 5.69 Å². The summed E-state index contributed by atoms with van der Waals surface area (Å²) in [6, 6.07) is 20.5. The number of phenols is 1. The van der Waals surface area contributed by atoms with Crippen molar-refractivity contribution in [2.45, 2.75) is 16.7 Å². The van der Waals surface area contributed by atoms with Crippen molar-refractivity contribution in [2.75, 3.05) is 6.61 Å². The molecule has 0 spiro atoms. The molecule has 0 atom stereocenters. The molecule has 1 aliphatic heterocycles. The van der Waals surface area contributed by atoms with Crippen molar-refractivity contribution in [2.24, 2.45) is 4.99 Å². The molecule has 0 unspecified atom stereocenters. The number of carbonyl (C=O) groups excluding carboxylic acids is 1. The van der Waals surface area contributed by atoms with E-state index < -0.39 is 0 Å². The first-order chi connectivity index (χ1) is 13.7. The smallest absolute Gasteiger partial charge is 0.274 e. The van der Waals surface area contributed by atoms with Crippen LogP contribution in [-0.2, 0) is 4.84 Å². The van der Waals surface area contributed by atoms with Crippen molar-refractivity contribution < 1.29 is 14.7 Å². The molecule has 3 aromatic carbocycles. The SMILES string of the molecule is CCONC(=O)c1ccc2c(c1)N=C(c1cccc(O)c1)c1ccccc1S2.